The van der Waals surface area contributed by atoms with Crippen LogP contribution in [0.1, 0.15) is 57.4 Å². The molecule has 3 atom stereocenters. The number of hydrogen-bond donors (Lipinski definition) is 3. The third kappa shape index (κ3) is 5.84. The minimum absolute atomic E-state index is 0. The van der Waals surface area contributed by atoms with Gasteiger partial charge in [-0.05, 0) is 56.7 Å². The Bertz CT molecular complexity index is 721. The van der Waals surface area contributed by atoms with E-state index in [1.165, 1.54) is 19.3 Å². The summed E-state index contributed by atoms with van der Waals surface area (Å²) in [5.74, 6) is 1.17. The Hall–Kier alpha value is -1.35. The fraction of sp³-hybridized carbons (Fsp3) is 0.636. The van der Waals surface area contributed by atoms with Crippen LogP contribution in [0.5, 0.6) is 0 Å². The van der Waals surface area contributed by atoms with Crippen molar-refractivity contribution < 1.29 is 9.53 Å². The zero-order valence-corrected chi connectivity index (χ0v) is 19.5. The summed E-state index contributed by atoms with van der Waals surface area (Å²) in [6.45, 7) is 3.48. The number of rotatable bonds is 6. The van der Waals surface area contributed by atoms with Gasteiger partial charge in [-0.2, -0.15) is 0 Å². The van der Waals surface area contributed by atoms with E-state index in [0.29, 0.717) is 24.8 Å². The zero-order chi connectivity index (χ0) is 19.3. The largest absolute Gasteiger partial charge is 0.373 e. The predicted molar refractivity (Wildman–Crippen MR) is 127 cm³/mol. The lowest BCUT2D eigenvalue weighted by Crippen LogP contribution is -2.47. The summed E-state index contributed by atoms with van der Waals surface area (Å²) in [6.07, 6.45) is 8.51. The molecular weight excluding hydrogens is 479 g/mol. The van der Waals surface area contributed by atoms with E-state index in [-0.39, 0.29) is 35.8 Å². The van der Waals surface area contributed by atoms with Crippen molar-refractivity contribution in [2.24, 2.45) is 10.9 Å². The fourth-order valence-corrected chi connectivity index (χ4v) is 4.64. The van der Waals surface area contributed by atoms with Crippen molar-refractivity contribution >= 4 is 41.5 Å². The number of hydrogen-bond acceptors (Lipinski definition) is 3. The highest BCUT2D eigenvalue weighted by Gasteiger charge is 2.41. The SMILES string of the molecule is CCNC(=NCc1cccc(NC(=O)C2CCCC2)c1)NC1CC2CCC1O2.I. The van der Waals surface area contributed by atoms with Crippen molar-refractivity contribution in [3.63, 3.8) is 0 Å². The molecule has 3 N–H and O–H groups in total. The van der Waals surface area contributed by atoms with Crippen LogP contribution < -0.4 is 16.0 Å². The molecule has 3 fully saturated rings. The minimum Gasteiger partial charge on any atom is -0.373 e. The first-order chi connectivity index (χ1) is 13.7. The number of guanidine groups is 1. The Labute approximate surface area is 190 Å². The van der Waals surface area contributed by atoms with E-state index >= 15 is 0 Å². The number of carbonyl (C=O) groups excluding carboxylic acids is 1. The maximum absolute atomic E-state index is 12.4. The molecule has 0 radical (unpaired) electrons. The number of nitrogens with one attached hydrogen (secondary N) is 3. The van der Waals surface area contributed by atoms with Crippen LogP contribution in [0.25, 0.3) is 0 Å². The van der Waals surface area contributed by atoms with Crippen LogP contribution in [0.3, 0.4) is 0 Å². The van der Waals surface area contributed by atoms with Gasteiger partial charge in [0.25, 0.3) is 0 Å². The summed E-state index contributed by atoms with van der Waals surface area (Å²) in [6, 6.07) is 8.38. The molecule has 2 aliphatic heterocycles. The summed E-state index contributed by atoms with van der Waals surface area (Å²) in [5, 5.41) is 9.96. The van der Waals surface area contributed by atoms with Gasteiger partial charge in [0.2, 0.25) is 5.91 Å². The minimum atomic E-state index is 0. The van der Waals surface area contributed by atoms with Gasteiger partial charge in [0.1, 0.15) is 0 Å². The average Bonchev–Trinajstić information content (AvgIpc) is 3.44. The molecule has 3 unspecified atom stereocenters. The first-order valence-electron chi connectivity index (χ1n) is 10.8. The summed E-state index contributed by atoms with van der Waals surface area (Å²) in [7, 11) is 0. The van der Waals surface area contributed by atoms with Crippen molar-refractivity contribution in [3.8, 4) is 0 Å². The van der Waals surface area contributed by atoms with Crippen LogP contribution in [0.15, 0.2) is 29.3 Å². The number of aliphatic imine (C=N–C) groups is 1. The van der Waals surface area contributed by atoms with Crippen molar-refractivity contribution in [1.82, 2.24) is 10.6 Å². The van der Waals surface area contributed by atoms with Gasteiger partial charge in [0.15, 0.2) is 5.96 Å². The highest BCUT2D eigenvalue weighted by atomic mass is 127. The molecule has 7 heteroatoms. The second-order valence-corrected chi connectivity index (χ2v) is 8.23. The van der Waals surface area contributed by atoms with Gasteiger partial charge in [-0.3, -0.25) is 4.79 Å². The number of ether oxygens (including phenoxy) is 1. The number of nitrogens with zero attached hydrogens (tertiary/aromatic N) is 1. The molecule has 4 rings (SSSR count). The quantitative estimate of drug-likeness (QED) is 0.308. The lowest BCUT2D eigenvalue weighted by atomic mass is 9.96. The molecule has 6 nitrogen and oxygen atoms in total. The van der Waals surface area contributed by atoms with Crippen LogP contribution in [0.4, 0.5) is 5.69 Å². The van der Waals surface area contributed by atoms with E-state index in [2.05, 4.69) is 28.9 Å². The molecule has 1 amide bonds. The molecule has 2 bridgehead atoms. The normalized spacial score (nSPS) is 26.2. The summed E-state index contributed by atoms with van der Waals surface area (Å²) in [4.78, 5) is 17.1. The third-order valence-electron chi connectivity index (χ3n) is 6.11. The molecule has 29 heavy (non-hydrogen) atoms. The fourth-order valence-electron chi connectivity index (χ4n) is 4.64. The predicted octanol–water partition coefficient (Wildman–Crippen LogP) is 3.81. The smallest absolute Gasteiger partial charge is 0.227 e. The van der Waals surface area contributed by atoms with Crippen LogP contribution in [-0.4, -0.2) is 36.7 Å². The Balaban J connectivity index is 0.00000240. The monoisotopic (exact) mass is 512 g/mol. The van der Waals surface area contributed by atoms with Crippen molar-refractivity contribution in [1.29, 1.82) is 0 Å². The van der Waals surface area contributed by atoms with Gasteiger partial charge in [-0.25, -0.2) is 4.99 Å². The summed E-state index contributed by atoms with van der Waals surface area (Å²) >= 11 is 0. The van der Waals surface area contributed by atoms with E-state index in [4.69, 9.17) is 9.73 Å². The topological polar surface area (TPSA) is 74.8 Å². The average molecular weight is 512 g/mol. The Morgan fingerprint density at radius 1 is 1.21 bits per heavy atom. The third-order valence-corrected chi connectivity index (χ3v) is 6.11. The summed E-state index contributed by atoms with van der Waals surface area (Å²) < 4.78 is 5.94. The number of fused-ring (bicyclic) bond motifs is 2. The molecule has 0 spiro atoms. The Morgan fingerprint density at radius 2 is 2.03 bits per heavy atom. The first-order valence-corrected chi connectivity index (χ1v) is 10.8. The maximum Gasteiger partial charge on any atom is 0.227 e. The summed E-state index contributed by atoms with van der Waals surface area (Å²) in [5.41, 5.74) is 1.95. The lowest BCUT2D eigenvalue weighted by Gasteiger charge is -2.22. The number of anilines is 1. The van der Waals surface area contributed by atoms with Crippen LogP contribution >= 0.6 is 24.0 Å². The number of benzene rings is 1. The van der Waals surface area contributed by atoms with E-state index < -0.39 is 0 Å². The number of halogens is 1. The van der Waals surface area contributed by atoms with Gasteiger partial charge in [-0.1, -0.05) is 25.0 Å². The van der Waals surface area contributed by atoms with Crippen molar-refractivity contribution in [2.45, 2.75) is 76.7 Å². The van der Waals surface area contributed by atoms with Gasteiger partial charge in [0, 0.05) is 18.2 Å². The lowest BCUT2D eigenvalue weighted by molar-refractivity contribution is -0.119. The van der Waals surface area contributed by atoms with Crippen molar-refractivity contribution in [3.05, 3.63) is 29.8 Å². The number of amides is 1. The molecule has 0 aromatic heterocycles. The number of carbonyl (C=O) groups is 1. The molecule has 160 valence electrons. The highest BCUT2D eigenvalue weighted by molar-refractivity contribution is 14.0. The molecule has 1 aliphatic carbocycles. The van der Waals surface area contributed by atoms with E-state index in [1.807, 2.05) is 18.2 Å². The van der Waals surface area contributed by atoms with E-state index in [9.17, 15) is 4.79 Å². The van der Waals surface area contributed by atoms with Gasteiger partial charge in [-0.15, -0.1) is 24.0 Å². The van der Waals surface area contributed by atoms with Gasteiger partial charge >= 0.3 is 0 Å². The van der Waals surface area contributed by atoms with Crippen LogP contribution in [0.2, 0.25) is 0 Å². The van der Waals surface area contributed by atoms with Crippen LogP contribution in [0, 0.1) is 5.92 Å². The second kappa shape index (κ2) is 10.6. The van der Waals surface area contributed by atoms with Crippen molar-refractivity contribution in [2.75, 3.05) is 11.9 Å². The molecule has 1 aromatic rings. The first kappa shape index (κ1) is 22.3. The van der Waals surface area contributed by atoms with Crippen LogP contribution in [-0.2, 0) is 16.1 Å². The van der Waals surface area contributed by atoms with Gasteiger partial charge < -0.3 is 20.7 Å². The Morgan fingerprint density at radius 3 is 2.72 bits per heavy atom. The van der Waals surface area contributed by atoms with E-state index in [1.54, 1.807) is 0 Å². The molecule has 2 saturated heterocycles. The van der Waals surface area contributed by atoms with Gasteiger partial charge in [0.05, 0.1) is 24.8 Å². The Kier molecular flexibility index (Phi) is 8.17. The second-order valence-electron chi connectivity index (χ2n) is 8.23. The standard InChI is InChI=1S/C22H32N4O2.HI/c1-2-23-22(26-19-13-18-10-11-20(19)28-18)24-14-15-6-5-9-17(12-15)25-21(27)16-7-3-4-8-16;/h5-6,9,12,16,18-20H,2-4,7-8,10-11,13-14H2,1H3,(H,25,27)(H2,23,24,26);1H. The van der Waals surface area contributed by atoms with E-state index in [0.717, 1.165) is 49.4 Å². The molecule has 2 heterocycles. The zero-order valence-electron chi connectivity index (χ0n) is 17.2. The molecule has 1 aromatic carbocycles. The molecular formula is C22H33IN4O2. The maximum atomic E-state index is 12.4. The molecule has 1 saturated carbocycles. The molecule has 3 aliphatic rings. The highest BCUT2D eigenvalue weighted by Crippen LogP contribution is 2.34.